The number of piperidine rings is 1. The van der Waals surface area contributed by atoms with Crippen molar-refractivity contribution in [2.75, 3.05) is 19.7 Å². The summed E-state index contributed by atoms with van der Waals surface area (Å²) in [5.74, 6) is 1.58. The molecule has 1 atom stereocenters. The van der Waals surface area contributed by atoms with E-state index in [-0.39, 0.29) is 0 Å². The lowest BCUT2D eigenvalue weighted by atomic mass is 10.0. The molecule has 1 aliphatic rings. The molecule has 2 aromatic rings. The summed E-state index contributed by atoms with van der Waals surface area (Å²) in [6.45, 7) is 3.02. The van der Waals surface area contributed by atoms with Crippen molar-refractivity contribution in [2.45, 2.75) is 12.8 Å². The van der Waals surface area contributed by atoms with Crippen LogP contribution in [0.25, 0.3) is 10.8 Å². The molecule has 0 aliphatic carbocycles. The fraction of sp³-hybridized carbons (Fsp3) is 0.375. The van der Waals surface area contributed by atoms with Crippen LogP contribution >= 0.6 is 15.9 Å². The highest BCUT2D eigenvalue weighted by molar-refractivity contribution is 9.10. The van der Waals surface area contributed by atoms with Gasteiger partial charge in [0.05, 0.1) is 11.1 Å². The van der Waals surface area contributed by atoms with Gasteiger partial charge in [-0.25, -0.2) is 0 Å². The standard InChI is InChI=1S/C16H18BrNO/c17-16-14-6-2-1-5-13(14)7-8-15(16)19-11-12-4-3-9-18-10-12/h1-2,5-8,12,18H,3-4,9-11H2/t12-/m0/s1. The summed E-state index contributed by atoms with van der Waals surface area (Å²) < 4.78 is 7.06. The monoisotopic (exact) mass is 319 g/mol. The Bertz CT molecular complexity index is 564. The smallest absolute Gasteiger partial charge is 0.134 e. The van der Waals surface area contributed by atoms with Gasteiger partial charge in [0.15, 0.2) is 0 Å². The molecule has 19 heavy (non-hydrogen) atoms. The highest BCUT2D eigenvalue weighted by Gasteiger charge is 2.14. The van der Waals surface area contributed by atoms with Crippen molar-refractivity contribution in [3.8, 4) is 5.75 Å². The molecule has 0 amide bonds. The van der Waals surface area contributed by atoms with Gasteiger partial charge < -0.3 is 10.1 Å². The summed E-state index contributed by atoms with van der Waals surface area (Å²) >= 11 is 3.67. The van der Waals surface area contributed by atoms with Crippen molar-refractivity contribution in [3.63, 3.8) is 0 Å². The number of nitrogens with one attached hydrogen (secondary N) is 1. The maximum absolute atomic E-state index is 6.00. The Morgan fingerprint density at radius 2 is 2.11 bits per heavy atom. The third kappa shape index (κ3) is 2.93. The minimum absolute atomic E-state index is 0.632. The number of benzene rings is 2. The number of ether oxygens (including phenoxy) is 1. The first-order valence-electron chi connectivity index (χ1n) is 6.85. The predicted molar refractivity (Wildman–Crippen MR) is 82.7 cm³/mol. The Labute approximate surface area is 122 Å². The fourth-order valence-corrected chi connectivity index (χ4v) is 3.21. The van der Waals surface area contributed by atoms with E-state index in [1.165, 1.54) is 23.6 Å². The highest BCUT2D eigenvalue weighted by atomic mass is 79.9. The van der Waals surface area contributed by atoms with Gasteiger partial charge in [-0.2, -0.15) is 0 Å². The van der Waals surface area contributed by atoms with Gasteiger partial charge in [-0.1, -0.05) is 30.3 Å². The molecular formula is C16H18BrNO. The molecule has 1 heterocycles. The van der Waals surface area contributed by atoms with Crippen LogP contribution in [-0.4, -0.2) is 19.7 Å². The van der Waals surface area contributed by atoms with Gasteiger partial charge in [0.25, 0.3) is 0 Å². The highest BCUT2D eigenvalue weighted by Crippen LogP contribution is 2.33. The molecule has 0 radical (unpaired) electrons. The number of fused-ring (bicyclic) bond motifs is 1. The zero-order chi connectivity index (χ0) is 13.1. The molecule has 1 aliphatic heterocycles. The third-order valence-electron chi connectivity index (χ3n) is 3.70. The molecule has 2 nitrogen and oxygen atoms in total. The Kier molecular flexibility index (Phi) is 4.04. The van der Waals surface area contributed by atoms with Crippen molar-refractivity contribution in [3.05, 3.63) is 40.9 Å². The maximum Gasteiger partial charge on any atom is 0.134 e. The molecule has 1 saturated heterocycles. The first-order valence-corrected chi connectivity index (χ1v) is 7.64. The Balaban J connectivity index is 1.75. The zero-order valence-corrected chi connectivity index (χ0v) is 12.4. The lowest BCUT2D eigenvalue weighted by Crippen LogP contribution is -2.33. The summed E-state index contributed by atoms with van der Waals surface area (Å²) in [6.07, 6.45) is 2.52. The van der Waals surface area contributed by atoms with Crippen molar-refractivity contribution in [1.29, 1.82) is 0 Å². The second-order valence-corrected chi connectivity index (χ2v) is 5.92. The van der Waals surface area contributed by atoms with Gasteiger partial charge in [-0.15, -0.1) is 0 Å². The fourth-order valence-electron chi connectivity index (χ4n) is 2.60. The topological polar surface area (TPSA) is 21.3 Å². The van der Waals surface area contributed by atoms with Crippen LogP contribution in [0.3, 0.4) is 0 Å². The van der Waals surface area contributed by atoms with Crippen molar-refractivity contribution in [2.24, 2.45) is 5.92 Å². The number of rotatable bonds is 3. The molecule has 0 aromatic heterocycles. The Hall–Kier alpha value is -1.06. The van der Waals surface area contributed by atoms with Crippen LogP contribution in [0.1, 0.15) is 12.8 Å². The molecule has 0 spiro atoms. The van der Waals surface area contributed by atoms with E-state index in [1.54, 1.807) is 0 Å². The molecule has 3 rings (SSSR count). The first-order chi connectivity index (χ1) is 9.34. The van der Waals surface area contributed by atoms with Crippen LogP contribution in [0.4, 0.5) is 0 Å². The van der Waals surface area contributed by atoms with Gasteiger partial charge in [-0.3, -0.25) is 0 Å². The molecule has 2 aromatic carbocycles. The van der Waals surface area contributed by atoms with Crippen molar-refractivity contribution in [1.82, 2.24) is 5.32 Å². The van der Waals surface area contributed by atoms with Gasteiger partial charge in [-0.05, 0) is 52.2 Å². The zero-order valence-electron chi connectivity index (χ0n) is 10.9. The van der Waals surface area contributed by atoms with Crippen LogP contribution in [-0.2, 0) is 0 Å². The van der Waals surface area contributed by atoms with E-state index in [9.17, 15) is 0 Å². The number of hydrogen-bond acceptors (Lipinski definition) is 2. The van der Waals surface area contributed by atoms with Gasteiger partial charge in [0.2, 0.25) is 0 Å². The van der Waals surface area contributed by atoms with E-state index in [0.717, 1.165) is 29.9 Å². The molecule has 0 bridgehead atoms. The van der Waals surface area contributed by atoms with Crippen LogP contribution < -0.4 is 10.1 Å². The lowest BCUT2D eigenvalue weighted by molar-refractivity contribution is 0.217. The van der Waals surface area contributed by atoms with Gasteiger partial charge in [0.1, 0.15) is 5.75 Å². The normalized spacial score (nSPS) is 19.5. The summed E-state index contributed by atoms with van der Waals surface area (Å²) in [7, 11) is 0. The summed E-state index contributed by atoms with van der Waals surface area (Å²) in [5.41, 5.74) is 0. The largest absolute Gasteiger partial charge is 0.492 e. The summed E-state index contributed by atoms with van der Waals surface area (Å²) in [6, 6.07) is 12.5. The van der Waals surface area contributed by atoms with Crippen LogP contribution in [0, 0.1) is 5.92 Å². The van der Waals surface area contributed by atoms with Gasteiger partial charge in [0, 0.05) is 12.5 Å². The lowest BCUT2D eigenvalue weighted by Gasteiger charge is -2.23. The molecule has 3 heteroatoms. The summed E-state index contributed by atoms with van der Waals surface area (Å²) in [4.78, 5) is 0. The predicted octanol–water partition coefficient (Wildman–Crippen LogP) is 3.98. The third-order valence-corrected chi connectivity index (χ3v) is 4.52. The quantitative estimate of drug-likeness (QED) is 0.923. The van der Waals surface area contributed by atoms with E-state index in [0.29, 0.717) is 5.92 Å². The molecule has 0 saturated carbocycles. The average molecular weight is 320 g/mol. The SMILES string of the molecule is Brc1c(OC[C@H]2CCCNC2)ccc2ccccc12. The van der Waals surface area contributed by atoms with Crippen LogP contribution in [0.5, 0.6) is 5.75 Å². The van der Waals surface area contributed by atoms with Crippen molar-refractivity contribution >= 4 is 26.7 Å². The molecule has 1 N–H and O–H groups in total. The van der Waals surface area contributed by atoms with E-state index < -0.39 is 0 Å². The van der Waals surface area contributed by atoms with E-state index >= 15 is 0 Å². The first kappa shape index (κ1) is 12.9. The molecule has 1 fully saturated rings. The number of hydrogen-bond donors (Lipinski definition) is 1. The molecule has 100 valence electrons. The average Bonchev–Trinajstić information content (AvgIpc) is 2.48. The van der Waals surface area contributed by atoms with E-state index in [2.05, 4.69) is 57.6 Å². The second kappa shape index (κ2) is 5.93. The van der Waals surface area contributed by atoms with Crippen LogP contribution in [0.15, 0.2) is 40.9 Å². The van der Waals surface area contributed by atoms with E-state index in [1.807, 2.05) is 0 Å². The maximum atomic E-state index is 6.00. The Morgan fingerprint density at radius 1 is 1.21 bits per heavy atom. The van der Waals surface area contributed by atoms with Crippen molar-refractivity contribution < 1.29 is 4.74 Å². The minimum Gasteiger partial charge on any atom is -0.492 e. The number of halogens is 1. The minimum atomic E-state index is 0.632. The molecular weight excluding hydrogens is 302 g/mol. The summed E-state index contributed by atoms with van der Waals surface area (Å²) in [5, 5.41) is 5.87. The molecule has 0 unspecified atom stereocenters. The van der Waals surface area contributed by atoms with Crippen LogP contribution in [0.2, 0.25) is 0 Å². The Morgan fingerprint density at radius 3 is 2.95 bits per heavy atom. The van der Waals surface area contributed by atoms with E-state index in [4.69, 9.17) is 4.74 Å². The second-order valence-electron chi connectivity index (χ2n) is 5.12. The van der Waals surface area contributed by atoms with Gasteiger partial charge >= 0.3 is 0 Å².